The Morgan fingerprint density at radius 2 is 2.33 bits per heavy atom. The van der Waals surface area contributed by atoms with E-state index in [0.717, 1.165) is 24.9 Å². The standard InChI is InChI=1S/C9H17N3/c10-9(11)3-4-12-6-7-1-2-8(12)5-7/h7-8H,1-6H2,(H3,10,11). The van der Waals surface area contributed by atoms with Gasteiger partial charge in [-0.3, -0.25) is 10.3 Å². The molecule has 1 heterocycles. The van der Waals surface area contributed by atoms with E-state index in [1.165, 1.54) is 25.8 Å². The highest BCUT2D eigenvalue weighted by molar-refractivity contribution is 5.76. The molecule has 2 unspecified atom stereocenters. The minimum Gasteiger partial charge on any atom is -0.388 e. The van der Waals surface area contributed by atoms with E-state index in [-0.39, 0.29) is 0 Å². The van der Waals surface area contributed by atoms with E-state index in [2.05, 4.69) is 4.90 Å². The average Bonchev–Trinajstić information content (AvgIpc) is 2.60. The van der Waals surface area contributed by atoms with Crippen molar-refractivity contribution < 1.29 is 0 Å². The molecule has 1 saturated heterocycles. The van der Waals surface area contributed by atoms with Gasteiger partial charge < -0.3 is 5.73 Å². The minimum atomic E-state index is 0.331. The molecule has 12 heavy (non-hydrogen) atoms. The molecule has 2 aliphatic rings. The fraction of sp³-hybridized carbons (Fsp3) is 0.889. The summed E-state index contributed by atoms with van der Waals surface area (Å²) in [7, 11) is 0. The van der Waals surface area contributed by atoms with E-state index in [1.54, 1.807) is 0 Å². The third kappa shape index (κ3) is 1.46. The van der Waals surface area contributed by atoms with Crippen LogP contribution in [0, 0.1) is 11.3 Å². The van der Waals surface area contributed by atoms with Crippen LogP contribution in [0.3, 0.4) is 0 Å². The predicted molar refractivity (Wildman–Crippen MR) is 49.2 cm³/mol. The number of nitrogens with zero attached hydrogens (tertiary/aromatic N) is 1. The molecule has 3 heteroatoms. The van der Waals surface area contributed by atoms with Gasteiger partial charge in [0.25, 0.3) is 0 Å². The van der Waals surface area contributed by atoms with Gasteiger partial charge in [-0.15, -0.1) is 0 Å². The van der Waals surface area contributed by atoms with E-state index in [0.29, 0.717) is 5.84 Å². The van der Waals surface area contributed by atoms with Crippen LogP contribution in [0.1, 0.15) is 25.7 Å². The van der Waals surface area contributed by atoms with Crippen molar-refractivity contribution in [2.45, 2.75) is 31.7 Å². The third-order valence-electron chi connectivity index (χ3n) is 3.19. The molecular formula is C9H17N3. The van der Waals surface area contributed by atoms with Gasteiger partial charge in [-0.05, 0) is 25.2 Å². The Morgan fingerprint density at radius 1 is 1.50 bits per heavy atom. The van der Waals surface area contributed by atoms with Crippen LogP contribution in [0.15, 0.2) is 0 Å². The Morgan fingerprint density at radius 3 is 2.83 bits per heavy atom. The molecule has 0 aromatic heterocycles. The van der Waals surface area contributed by atoms with E-state index in [1.807, 2.05) is 0 Å². The van der Waals surface area contributed by atoms with Gasteiger partial charge in [0.1, 0.15) is 0 Å². The van der Waals surface area contributed by atoms with Crippen molar-refractivity contribution in [3.63, 3.8) is 0 Å². The number of piperidine rings is 1. The van der Waals surface area contributed by atoms with Crippen molar-refractivity contribution in [3.8, 4) is 0 Å². The maximum Gasteiger partial charge on any atom is 0.0918 e. The first-order valence-corrected chi connectivity index (χ1v) is 4.82. The number of hydrogen-bond acceptors (Lipinski definition) is 2. The lowest BCUT2D eigenvalue weighted by molar-refractivity contribution is 0.219. The highest BCUT2D eigenvalue weighted by atomic mass is 15.2. The number of nitrogens with one attached hydrogen (secondary N) is 1. The second kappa shape index (κ2) is 3.05. The number of hydrogen-bond donors (Lipinski definition) is 2. The van der Waals surface area contributed by atoms with Crippen molar-refractivity contribution in [3.05, 3.63) is 0 Å². The van der Waals surface area contributed by atoms with E-state index in [9.17, 15) is 0 Å². The molecule has 0 spiro atoms. The lowest BCUT2D eigenvalue weighted by Crippen LogP contribution is -2.34. The van der Waals surface area contributed by atoms with Crippen LogP contribution in [0.4, 0.5) is 0 Å². The van der Waals surface area contributed by atoms with Gasteiger partial charge in [-0.1, -0.05) is 0 Å². The number of nitrogens with two attached hydrogens (primary N) is 1. The number of fused-ring (bicyclic) bond motifs is 2. The van der Waals surface area contributed by atoms with Crippen LogP contribution >= 0.6 is 0 Å². The molecule has 0 radical (unpaired) electrons. The monoisotopic (exact) mass is 167 g/mol. The molecule has 2 atom stereocenters. The second-order valence-electron chi connectivity index (χ2n) is 4.10. The molecule has 1 aliphatic carbocycles. The molecule has 68 valence electrons. The fourth-order valence-electron chi connectivity index (χ4n) is 2.56. The summed E-state index contributed by atoms with van der Waals surface area (Å²) < 4.78 is 0. The van der Waals surface area contributed by atoms with Crippen molar-refractivity contribution in [1.29, 1.82) is 5.41 Å². The third-order valence-corrected chi connectivity index (χ3v) is 3.19. The first-order chi connectivity index (χ1) is 5.75. The zero-order valence-electron chi connectivity index (χ0n) is 7.42. The summed E-state index contributed by atoms with van der Waals surface area (Å²) in [6.07, 6.45) is 4.96. The molecule has 2 rings (SSSR count). The molecule has 3 N–H and O–H groups in total. The largest absolute Gasteiger partial charge is 0.388 e. The Labute approximate surface area is 73.4 Å². The maximum atomic E-state index is 7.14. The van der Waals surface area contributed by atoms with Crippen molar-refractivity contribution in [2.75, 3.05) is 13.1 Å². The predicted octanol–water partition coefficient (Wildman–Crippen LogP) is 0.797. The van der Waals surface area contributed by atoms with Gasteiger partial charge in [-0.25, -0.2) is 0 Å². The molecule has 1 aliphatic heterocycles. The van der Waals surface area contributed by atoms with Crippen LogP contribution in [0.25, 0.3) is 0 Å². The first-order valence-electron chi connectivity index (χ1n) is 4.82. The van der Waals surface area contributed by atoms with E-state index < -0.39 is 0 Å². The fourth-order valence-corrected chi connectivity index (χ4v) is 2.56. The summed E-state index contributed by atoms with van der Waals surface area (Å²) in [5.41, 5.74) is 5.33. The van der Waals surface area contributed by atoms with Crippen molar-refractivity contribution in [2.24, 2.45) is 11.7 Å². The Hall–Kier alpha value is -0.570. The maximum absolute atomic E-state index is 7.14. The molecule has 3 nitrogen and oxygen atoms in total. The average molecular weight is 167 g/mol. The SMILES string of the molecule is N=C(N)CCN1CC2CCC1C2. The molecule has 2 fully saturated rings. The van der Waals surface area contributed by atoms with Crippen molar-refractivity contribution in [1.82, 2.24) is 4.90 Å². The molecule has 0 aromatic rings. The summed E-state index contributed by atoms with van der Waals surface area (Å²) in [4.78, 5) is 2.51. The van der Waals surface area contributed by atoms with E-state index >= 15 is 0 Å². The molecule has 0 amide bonds. The topological polar surface area (TPSA) is 53.1 Å². The molecule has 1 saturated carbocycles. The summed E-state index contributed by atoms with van der Waals surface area (Å²) in [6, 6.07) is 0.828. The zero-order valence-corrected chi connectivity index (χ0v) is 7.42. The lowest BCUT2D eigenvalue weighted by Gasteiger charge is -2.26. The van der Waals surface area contributed by atoms with Gasteiger partial charge >= 0.3 is 0 Å². The summed E-state index contributed by atoms with van der Waals surface area (Å²) in [6.45, 7) is 2.27. The summed E-state index contributed by atoms with van der Waals surface area (Å²) in [5, 5.41) is 7.14. The smallest absolute Gasteiger partial charge is 0.0918 e. The highest BCUT2D eigenvalue weighted by Gasteiger charge is 2.36. The second-order valence-corrected chi connectivity index (χ2v) is 4.10. The van der Waals surface area contributed by atoms with Gasteiger partial charge in [-0.2, -0.15) is 0 Å². The molecule has 0 aromatic carbocycles. The Kier molecular flexibility index (Phi) is 2.05. The number of rotatable bonds is 3. The van der Waals surface area contributed by atoms with Crippen LogP contribution in [-0.2, 0) is 0 Å². The lowest BCUT2D eigenvalue weighted by atomic mass is 10.1. The van der Waals surface area contributed by atoms with Gasteiger partial charge in [0.2, 0.25) is 0 Å². The minimum absolute atomic E-state index is 0.331. The van der Waals surface area contributed by atoms with Gasteiger partial charge in [0.05, 0.1) is 5.84 Å². The van der Waals surface area contributed by atoms with E-state index in [4.69, 9.17) is 11.1 Å². The Balaban J connectivity index is 1.79. The number of likely N-dealkylation sites (tertiary alicyclic amines) is 1. The highest BCUT2D eigenvalue weighted by Crippen LogP contribution is 2.37. The van der Waals surface area contributed by atoms with Crippen LogP contribution < -0.4 is 5.73 Å². The summed E-state index contributed by atoms with van der Waals surface area (Å²) >= 11 is 0. The zero-order chi connectivity index (χ0) is 8.55. The van der Waals surface area contributed by atoms with Crippen molar-refractivity contribution >= 4 is 5.84 Å². The summed E-state index contributed by atoms with van der Waals surface area (Å²) in [5.74, 6) is 1.29. The van der Waals surface area contributed by atoms with Crippen LogP contribution in [0.2, 0.25) is 0 Å². The number of amidine groups is 1. The van der Waals surface area contributed by atoms with Gasteiger partial charge in [0.15, 0.2) is 0 Å². The van der Waals surface area contributed by atoms with Gasteiger partial charge in [0, 0.05) is 25.6 Å². The molecule has 2 bridgehead atoms. The van der Waals surface area contributed by atoms with Crippen LogP contribution in [0.5, 0.6) is 0 Å². The quantitative estimate of drug-likeness (QED) is 0.482. The normalized spacial score (nSPS) is 34.3. The first kappa shape index (κ1) is 8.05. The Bertz CT molecular complexity index is 190. The molecular weight excluding hydrogens is 150 g/mol. The van der Waals surface area contributed by atoms with Crippen LogP contribution in [-0.4, -0.2) is 29.9 Å².